The number of aryl methyl sites for hydroxylation is 3. The third kappa shape index (κ3) is 4.38. The van der Waals surface area contributed by atoms with Gasteiger partial charge in [-0.05, 0) is 25.5 Å². The molecule has 34 heavy (non-hydrogen) atoms. The van der Waals surface area contributed by atoms with Crippen LogP contribution in [0.1, 0.15) is 39.6 Å². The van der Waals surface area contributed by atoms with E-state index in [0.717, 1.165) is 11.3 Å². The Morgan fingerprint density at radius 1 is 1.29 bits per heavy atom. The van der Waals surface area contributed by atoms with Crippen molar-refractivity contribution >= 4 is 50.7 Å². The largest absolute Gasteiger partial charge is 0.365 e. The van der Waals surface area contributed by atoms with Crippen LogP contribution in [0.4, 0.5) is 14.5 Å². The molecule has 4 heterocycles. The summed E-state index contributed by atoms with van der Waals surface area (Å²) in [6, 6.07) is 1.25. The zero-order valence-electron chi connectivity index (χ0n) is 18.4. The molecule has 9 nitrogen and oxygen atoms in total. The Morgan fingerprint density at radius 3 is 2.59 bits per heavy atom. The molecule has 178 valence electrons. The summed E-state index contributed by atoms with van der Waals surface area (Å²) in [5, 5.41) is 12.0. The molecule has 4 rings (SSSR count). The zero-order valence-corrected chi connectivity index (χ0v) is 20.0. The summed E-state index contributed by atoms with van der Waals surface area (Å²) in [6.07, 6.45) is 0.359. The second kappa shape index (κ2) is 9.11. The second-order valence-electron chi connectivity index (χ2n) is 7.65. The number of nitrogens with zero attached hydrogens (tertiary/aromatic N) is 5. The van der Waals surface area contributed by atoms with Crippen molar-refractivity contribution in [3.05, 3.63) is 45.4 Å². The molecule has 0 aliphatic rings. The maximum atomic E-state index is 13.6. The van der Waals surface area contributed by atoms with E-state index in [1.165, 1.54) is 12.3 Å². The van der Waals surface area contributed by atoms with Crippen LogP contribution in [-0.2, 0) is 18.4 Å². The van der Waals surface area contributed by atoms with Gasteiger partial charge in [0.1, 0.15) is 15.4 Å². The van der Waals surface area contributed by atoms with Crippen molar-refractivity contribution < 1.29 is 18.4 Å². The highest BCUT2D eigenvalue weighted by atomic mass is 35.5. The SMILES string of the molecule is Cc1nn(C)cc1-c1cc(C(F)F)nc2sc(C(N)=O)c(NC(=O)CCn3ncc(Cl)c3C)c12. The maximum Gasteiger partial charge on any atom is 0.280 e. The number of halogens is 3. The number of alkyl halides is 2. The fraction of sp³-hybridized carbons (Fsp3) is 0.286. The lowest BCUT2D eigenvalue weighted by molar-refractivity contribution is -0.116. The minimum absolute atomic E-state index is 0.0170. The summed E-state index contributed by atoms with van der Waals surface area (Å²) in [4.78, 5) is 29.2. The highest BCUT2D eigenvalue weighted by molar-refractivity contribution is 7.21. The first-order chi connectivity index (χ1) is 16.1. The van der Waals surface area contributed by atoms with E-state index in [0.29, 0.717) is 32.9 Å². The molecule has 0 radical (unpaired) electrons. The predicted octanol–water partition coefficient (Wildman–Crippen LogP) is 4.23. The van der Waals surface area contributed by atoms with Gasteiger partial charge in [0.05, 0.1) is 34.8 Å². The monoisotopic (exact) mass is 507 g/mol. The number of carbonyl (C=O) groups is 2. The number of nitrogens with two attached hydrogens (primary N) is 1. The lowest BCUT2D eigenvalue weighted by Gasteiger charge is -2.11. The number of rotatable bonds is 7. The fourth-order valence-corrected chi connectivity index (χ4v) is 4.81. The Balaban J connectivity index is 1.80. The van der Waals surface area contributed by atoms with E-state index in [-0.39, 0.29) is 28.4 Å². The zero-order chi connectivity index (χ0) is 24.7. The van der Waals surface area contributed by atoms with Gasteiger partial charge in [0, 0.05) is 30.6 Å². The quantitative estimate of drug-likeness (QED) is 0.388. The molecule has 4 aromatic rings. The molecule has 3 N–H and O–H groups in total. The number of pyridine rings is 1. The fourth-order valence-electron chi connectivity index (χ4n) is 3.66. The van der Waals surface area contributed by atoms with Gasteiger partial charge in [-0.15, -0.1) is 11.3 Å². The van der Waals surface area contributed by atoms with E-state index < -0.39 is 23.9 Å². The molecular weight excluding hydrogens is 488 g/mol. The highest BCUT2D eigenvalue weighted by Gasteiger charge is 2.26. The third-order valence-electron chi connectivity index (χ3n) is 5.29. The minimum Gasteiger partial charge on any atom is -0.365 e. The first-order valence-corrected chi connectivity index (χ1v) is 11.3. The van der Waals surface area contributed by atoms with Gasteiger partial charge in [0.15, 0.2) is 0 Å². The van der Waals surface area contributed by atoms with Gasteiger partial charge < -0.3 is 11.1 Å². The van der Waals surface area contributed by atoms with E-state index in [1.807, 2.05) is 0 Å². The van der Waals surface area contributed by atoms with E-state index in [1.54, 1.807) is 36.5 Å². The molecule has 0 aliphatic carbocycles. The van der Waals surface area contributed by atoms with Crippen LogP contribution in [0.15, 0.2) is 18.5 Å². The summed E-state index contributed by atoms with van der Waals surface area (Å²) in [6.45, 7) is 3.76. The number of primary amides is 1. The average molecular weight is 508 g/mol. The van der Waals surface area contributed by atoms with Crippen molar-refractivity contribution in [3.63, 3.8) is 0 Å². The van der Waals surface area contributed by atoms with Crippen LogP contribution in [0.5, 0.6) is 0 Å². The van der Waals surface area contributed by atoms with Gasteiger partial charge in [-0.25, -0.2) is 13.8 Å². The normalized spacial score (nSPS) is 11.5. The molecule has 0 bridgehead atoms. The molecule has 0 aromatic carbocycles. The molecule has 0 saturated heterocycles. The number of hydrogen-bond donors (Lipinski definition) is 2. The molecule has 0 saturated carbocycles. The lowest BCUT2D eigenvalue weighted by atomic mass is 10.0. The number of hydrogen-bond acceptors (Lipinski definition) is 6. The van der Waals surface area contributed by atoms with Crippen molar-refractivity contribution in [2.24, 2.45) is 12.8 Å². The van der Waals surface area contributed by atoms with Gasteiger partial charge in [-0.3, -0.25) is 19.0 Å². The van der Waals surface area contributed by atoms with E-state index in [2.05, 4.69) is 20.5 Å². The Bertz CT molecular complexity index is 1430. The van der Waals surface area contributed by atoms with E-state index in [4.69, 9.17) is 17.3 Å². The predicted molar refractivity (Wildman–Crippen MR) is 125 cm³/mol. The van der Waals surface area contributed by atoms with Crippen molar-refractivity contribution in [2.45, 2.75) is 33.2 Å². The van der Waals surface area contributed by atoms with Crippen molar-refractivity contribution in [3.8, 4) is 11.1 Å². The smallest absolute Gasteiger partial charge is 0.280 e. The van der Waals surface area contributed by atoms with Crippen LogP contribution in [0.3, 0.4) is 0 Å². The number of anilines is 1. The van der Waals surface area contributed by atoms with Crippen LogP contribution in [0.2, 0.25) is 5.02 Å². The molecule has 0 unspecified atom stereocenters. The van der Waals surface area contributed by atoms with Crippen LogP contribution in [-0.4, -0.2) is 36.4 Å². The Kier molecular flexibility index (Phi) is 6.36. The maximum absolute atomic E-state index is 13.6. The van der Waals surface area contributed by atoms with Crippen LogP contribution < -0.4 is 11.1 Å². The molecule has 0 atom stereocenters. The summed E-state index contributed by atoms with van der Waals surface area (Å²) >= 11 is 6.86. The van der Waals surface area contributed by atoms with Gasteiger partial charge in [-0.2, -0.15) is 10.2 Å². The number of nitrogens with one attached hydrogen (secondary N) is 1. The number of fused-ring (bicyclic) bond motifs is 1. The first kappa shape index (κ1) is 23.8. The summed E-state index contributed by atoms with van der Waals surface area (Å²) in [5.74, 6) is -1.22. The molecule has 4 aromatic heterocycles. The van der Waals surface area contributed by atoms with Gasteiger partial charge >= 0.3 is 0 Å². The second-order valence-corrected chi connectivity index (χ2v) is 9.05. The summed E-state index contributed by atoms with van der Waals surface area (Å²) in [5.41, 5.74) is 7.50. The van der Waals surface area contributed by atoms with Crippen molar-refractivity contribution in [1.82, 2.24) is 24.5 Å². The van der Waals surface area contributed by atoms with E-state index >= 15 is 0 Å². The average Bonchev–Trinajstić information content (AvgIpc) is 3.41. The molecule has 13 heteroatoms. The Hall–Kier alpha value is -3.38. The van der Waals surface area contributed by atoms with Crippen LogP contribution in [0, 0.1) is 13.8 Å². The van der Waals surface area contributed by atoms with Gasteiger partial charge in [-0.1, -0.05) is 11.6 Å². The Morgan fingerprint density at radius 2 is 2.03 bits per heavy atom. The topological polar surface area (TPSA) is 121 Å². The highest BCUT2D eigenvalue weighted by Crippen LogP contribution is 2.43. The number of thiophene rings is 1. The summed E-state index contributed by atoms with van der Waals surface area (Å²) < 4.78 is 30.4. The third-order valence-corrected chi connectivity index (χ3v) is 6.76. The summed E-state index contributed by atoms with van der Waals surface area (Å²) in [7, 11) is 1.71. The first-order valence-electron chi connectivity index (χ1n) is 10.1. The van der Waals surface area contributed by atoms with E-state index in [9.17, 15) is 18.4 Å². The molecule has 0 aliphatic heterocycles. The molecule has 2 amide bonds. The minimum atomic E-state index is -2.83. The number of carbonyl (C=O) groups excluding carboxylic acids is 2. The molecule has 0 spiro atoms. The van der Waals surface area contributed by atoms with Crippen LogP contribution in [0.25, 0.3) is 21.3 Å². The number of amides is 2. The van der Waals surface area contributed by atoms with Crippen LogP contribution >= 0.6 is 22.9 Å². The van der Waals surface area contributed by atoms with Crippen molar-refractivity contribution in [2.75, 3.05) is 5.32 Å². The van der Waals surface area contributed by atoms with Gasteiger partial charge in [0.25, 0.3) is 12.3 Å². The van der Waals surface area contributed by atoms with Crippen molar-refractivity contribution in [1.29, 1.82) is 0 Å². The van der Waals surface area contributed by atoms with Gasteiger partial charge in [0.2, 0.25) is 5.91 Å². The molecule has 0 fully saturated rings. The number of aromatic nitrogens is 5. The Labute approximate surface area is 201 Å². The standard InChI is InChI=1S/C21H20ClF2N7O2S/c1-9-12(8-30(3)29-9)11-6-14(19(23)24)27-21-16(11)17(18(34-21)20(25)33)28-15(32)4-5-31-10(2)13(22)7-26-31/h6-8,19H,4-5H2,1-3H3,(H2,25,33)(H,28,32). The lowest BCUT2D eigenvalue weighted by Crippen LogP contribution is -2.18. The molecular formula is C21H20ClF2N7O2S.